The lowest BCUT2D eigenvalue weighted by atomic mass is 10.0. The number of nitrogens with one attached hydrogen (secondary N) is 1. The molecule has 0 spiro atoms. The molecular weight excluding hydrogens is 246 g/mol. The Morgan fingerprint density at radius 3 is 3.17 bits per heavy atom. The first-order chi connectivity index (χ1) is 8.86. The summed E-state index contributed by atoms with van der Waals surface area (Å²) in [6.07, 6.45) is 6.79. The van der Waals surface area contributed by atoms with E-state index < -0.39 is 0 Å². The molecule has 0 aromatic carbocycles. The number of aromatic amines is 1. The maximum atomic E-state index is 12.5. The van der Waals surface area contributed by atoms with Gasteiger partial charge in [-0.05, 0) is 30.7 Å². The number of imidazole rings is 1. The van der Waals surface area contributed by atoms with Gasteiger partial charge in [-0.15, -0.1) is 11.3 Å². The number of amides is 1. The minimum absolute atomic E-state index is 0.100. The van der Waals surface area contributed by atoms with Gasteiger partial charge < -0.3 is 9.88 Å². The van der Waals surface area contributed by atoms with Crippen molar-refractivity contribution in [1.82, 2.24) is 14.9 Å². The summed E-state index contributed by atoms with van der Waals surface area (Å²) in [5, 5.41) is 1.94. The molecule has 4 nitrogen and oxygen atoms in total. The number of hydrogen-bond donors (Lipinski definition) is 1. The zero-order valence-corrected chi connectivity index (χ0v) is 10.8. The minimum Gasteiger partial charge on any atom is -0.347 e. The van der Waals surface area contributed by atoms with Crippen molar-refractivity contribution in [2.24, 2.45) is 0 Å². The van der Waals surface area contributed by atoms with E-state index in [4.69, 9.17) is 0 Å². The van der Waals surface area contributed by atoms with Crippen LogP contribution in [0.15, 0.2) is 29.9 Å². The lowest BCUT2D eigenvalue weighted by molar-refractivity contribution is 0.0606. The van der Waals surface area contributed by atoms with Crippen LogP contribution in [-0.4, -0.2) is 27.3 Å². The summed E-state index contributed by atoms with van der Waals surface area (Å²) in [6.45, 7) is 0.822. The molecule has 3 rings (SSSR count). The molecule has 0 radical (unpaired) electrons. The number of hydrogen-bond acceptors (Lipinski definition) is 3. The molecule has 1 N–H and O–H groups in total. The monoisotopic (exact) mass is 261 g/mol. The van der Waals surface area contributed by atoms with E-state index in [0.29, 0.717) is 0 Å². The number of rotatable bonds is 2. The summed E-state index contributed by atoms with van der Waals surface area (Å²) >= 11 is 1.50. The second-order valence-corrected chi connectivity index (χ2v) is 5.41. The van der Waals surface area contributed by atoms with Crippen molar-refractivity contribution in [3.8, 4) is 0 Å². The van der Waals surface area contributed by atoms with Crippen LogP contribution in [-0.2, 0) is 0 Å². The molecule has 1 aliphatic rings. The lowest BCUT2D eigenvalue weighted by Gasteiger charge is -2.34. The Hall–Kier alpha value is -1.62. The maximum Gasteiger partial charge on any atom is 0.264 e. The molecule has 0 aliphatic carbocycles. The Bertz CT molecular complexity index is 506. The number of piperidine rings is 1. The van der Waals surface area contributed by atoms with Gasteiger partial charge in [0.25, 0.3) is 5.91 Å². The molecule has 0 bridgehead atoms. The van der Waals surface area contributed by atoms with E-state index in [0.717, 1.165) is 36.5 Å². The first-order valence-electron chi connectivity index (χ1n) is 6.20. The van der Waals surface area contributed by atoms with Gasteiger partial charge in [0.05, 0.1) is 10.9 Å². The molecule has 1 atom stereocenters. The summed E-state index contributed by atoms with van der Waals surface area (Å²) in [6, 6.07) is 3.91. The van der Waals surface area contributed by atoms with Gasteiger partial charge in [0.15, 0.2) is 0 Å². The molecular formula is C13H15N3OS. The lowest BCUT2D eigenvalue weighted by Crippen LogP contribution is -2.38. The van der Waals surface area contributed by atoms with E-state index in [1.807, 2.05) is 28.6 Å². The average molecular weight is 261 g/mol. The normalized spacial score (nSPS) is 20.0. The Morgan fingerprint density at radius 2 is 2.44 bits per heavy atom. The van der Waals surface area contributed by atoms with Gasteiger partial charge in [0, 0.05) is 18.9 Å². The highest BCUT2D eigenvalue weighted by molar-refractivity contribution is 7.12. The number of thiophene rings is 1. The second-order valence-electron chi connectivity index (χ2n) is 4.46. The number of aromatic nitrogens is 2. The predicted octanol–water partition coefficient (Wildman–Crippen LogP) is 2.84. The number of carbonyl (C=O) groups is 1. The van der Waals surface area contributed by atoms with E-state index in [9.17, 15) is 4.79 Å². The van der Waals surface area contributed by atoms with Crippen LogP contribution in [0, 0.1) is 0 Å². The fourth-order valence-corrected chi connectivity index (χ4v) is 3.14. The van der Waals surface area contributed by atoms with E-state index in [2.05, 4.69) is 9.97 Å². The number of nitrogens with zero attached hydrogens (tertiary/aromatic N) is 2. The average Bonchev–Trinajstić information content (AvgIpc) is 3.11. The van der Waals surface area contributed by atoms with Crippen LogP contribution in [0.25, 0.3) is 0 Å². The summed E-state index contributed by atoms with van der Waals surface area (Å²) in [5.41, 5.74) is 0. The third-order valence-electron chi connectivity index (χ3n) is 3.33. The first-order valence-corrected chi connectivity index (χ1v) is 7.08. The SMILES string of the molecule is O=C(c1cccs1)N1CCCCC1c1ncc[nH]1. The molecule has 1 amide bonds. The molecule has 1 aliphatic heterocycles. The fourth-order valence-electron chi connectivity index (χ4n) is 2.46. The summed E-state index contributed by atoms with van der Waals surface area (Å²) in [5.74, 6) is 1.03. The number of likely N-dealkylation sites (tertiary alicyclic amines) is 1. The molecule has 1 saturated heterocycles. The van der Waals surface area contributed by atoms with Crippen molar-refractivity contribution in [3.05, 3.63) is 40.6 Å². The highest BCUT2D eigenvalue weighted by Gasteiger charge is 2.30. The molecule has 94 valence electrons. The largest absolute Gasteiger partial charge is 0.347 e. The van der Waals surface area contributed by atoms with E-state index >= 15 is 0 Å². The quantitative estimate of drug-likeness (QED) is 0.903. The van der Waals surface area contributed by atoms with Crippen LogP contribution in [0.3, 0.4) is 0 Å². The van der Waals surface area contributed by atoms with Crippen LogP contribution in [0.5, 0.6) is 0 Å². The zero-order chi connectivity index (χ0) is 12.4. The topological polar surface area (TPSA) is 49.0 Å². The van der Waals surface area contributed by atoms with E-state index in [1.54, 1.807) is 6.20 Å². The van der Waals surface area contributed by atoms with Crippen molar-refractivity contribution < 1.29 is 4.79 Å². The Labute approximate surface area is 110 Å². The third kappa shape index (κ3) is 2.06. The summed E-state index contributed by atoms with van der Waals surface area (Å²) < 4.78 is 0. The minimum atomic E-state index is 0.100. The van der Waals surface area contributed by atoms with Crippen molar-refractivity contribution in [2.75, 3.05) is 6.54 Å². The van der Waals surface area contributed by atoms with Crippen molar-refractivity contribution in [1.29, 1.82) is 0 Å². The van der Waals surface area contributed by atoms with Crippen LogP contribution in [0.4, 0.5) is 0 Å². The molecule has 3 heterocycles. The standard InChI is InChI=1S/C13H15N3OS/c17-13(11-5-3-9-18-11)16-8-2-1-4-10(16)12-14-6-7-15-12/h3,5-7,9-10H,1-2,4,8H2,(H,14,15). The second kappa shape index (κ2) is 4.94. The number of H-pyrrole nitrogens is 1. The fraction of sp³-hybridized carbons (Fsp3) is 0.385. The third-order valence-corrected chi connectivity index (χ3v) is 4.19. The van der Waals surface area contributed by atoms with Crippen LogP contribution < -0.4 is 0 Å². The van der Waals surface area contributed by atoms with Crippen LogP contribution in [0.1, 0.15) is 40.8 Å². The van der Waals surface area contributed by atoms with Gasteiger partial charge in [-0.1, -0.05) is 6.07 Å². The summed E-state index contributed by atoms with van der Waals surface area (Å²) in [4.78, 5) is 22.7. The Balaban J connectivity index is 1.86. The van der Waals surface area contributed by atoms with Gasteiger partial charge >= 0.3 is 0 Å². The number of carbonyl (C=O) groups excluding carboxylic acids is 1. The highest BCUT2D eigenvalue weighted by atomic mass is 32.1. The smallest absolute Gasteiger partial charge is 0.264 e. The predicted molar refractivity (Wildman–Crippen MR) is 70.5 cm³/mol. The van der Waals surface area contributed by atoms with Crippen molar-refractivity contribution in [3.63, 3.8) is 0 Å². The molecule has 2 aromatic rings. The van der Waals surface area contributed by atoms with E-state index in [1.165, 1.54) is 11.3 Å². The Morgan fingerprint density at radius 1 is 1.50 bits per heavy atom. The van der Waals surface area contributed by atoms with Crippen LogP contribution >= 0.6 is 11.3 Å². The molecule has 0 saturated carbocycles. The van der Waals surface area contributed by atoms with Gasteiger partial charge in [-0.25, -0.2) is 4.98 Å². The van der Waals surface area contributed by atoms with Crippen molar-refractivity contribution >= 4 is 17.2 Å². The molecule has 18 heavy (non-hydrogen) atoms. The highest BCUT2D eigenvalue weighted by Crippen LogP contribution is 2.30. The van der Waals surface area contributed by atoms with Gasteiger partial charge in [-0.3, -0.25) is 4.79 Å². The van der Waals surface area contributed by atoms with Crippen LogP contribution in [0.2, 0.25) is 0 Å². The first kappa shape index (κ1) is 11.5. The maximum absolute atomic E-state index is 12.5. The molecule has 1 unspecified atom stereocenters. The van der Waals surface area contributed by atoms with Crippen molar-refractivity contribution in [2.45, 2.75) is 25.3 Å². The molecule has 5 heteroatoms. The molecule has 1 fully saturated rings. The van der Waals surface area contributed by atoms with Gasteiger partial charge in [-0.2, -0.15) is 0 Å². The van der Waals surface area contributed by atoms with E-state index in [-0.39, 0.29) is 11.9 Å². The van der Waals surface area contributed by atoms with Gasteiger partial charge in [0.1, 0.15) is 5.82 Å². The Kier molecular flexibility index (Phi) is 3.15. The zero-order valence-electron chi connectivity index (χ0n) is 10.0. The van der Waals surface area contributed by atoms with Gasteiger partial charge in [0.2, 0.25) is 0 Å². The molecule has 2 aromatic heterocycles. The summed E-state index contributed by atoms with van der Waals surface area (Å²) in [7, 11) is 0.